The highest BCUT2D eigenvalue weighted by atomic mass is 16.5. The molecule has 1 atom stereocenters. The lowest BCUT2D eigenvalue weighted by atomic mass is 10.2. The van der Waals surface area contributed by atoms with E-state index in [1.165, 1.54) is 6.07 Å². The van der Waals surface area contributed by atoms with E-state index in [1.807, 2.05) is 6.07 Å². The highest BCUT2D eigenvalue weighted by Crippen LogP contribution is 2.29. The van der Waals surface area contributed by atoms with Crippen molar-refractivity contribution in [3.05, 3.63) is 53.0 Å². The summed E-state index contributed by atoms with van der Waals surface area (Å²) in [7, 11) is 1.77. The Kier molecular flexibility index (Phi) is 5.52. The Morgan fingerprint density at radius 1 is 1.13 bits per heavy atom. The minimum absolute atomic E-state index is 0.0239. The van der Waals surface area contributed by atoms with Gasteiger partial charge in [0, 0.05) is 57.6 Å². The van der Waals surface area contributed by atoms with Gasteiger partial charge in [-0.25, -0.2) is 15.0 Å². The second-order valence-electron chi connectivity index (χ2n) is 8.01. The van der Waals surface area contributed by atoms with E-state index in [0.717, 1.165) is 61.6 Å². The highest BCUT2D eigenvalue weighted by molar-refractivity contribution is 5.86. The number of fused-ring (bicyclic) bond motifs is 1. The maximum Gasteiger partial charge on any atom is 0.253 e. The van der Waals surface area contributed by atoms with E-state index >= 15 is 0 Å². The van der Waals surface area contributed by atoms with Gasteiger partial charge in [-0.15, -0.1) is 0 Å². The minimum Gasteiger partial charge on any atom is -0.471 e. The molecule has 0 spiro atoms. The predicted octanol–water partition coefficient (Wildman–Crippen LogP) is 1.21. The van der Waals surface area contributed by atoms with Crippen molar-refractivity contribution in [2.75, 3.05) is 44.3 Å². The average Bonchev–Trinajstić information content (AvgIpc) is 3.31. The molecule has 2 aliphatic heterocycles. The molecular formula is C22H26N6O3. The summed E-state index contributed by atoms with van der Waals surface area (Å²) in [5.74, 6) is 1.42. The molecule has 0 N–H and O–H groups in total. The molecule has 0 saturated carbocycles. The van der Waals surface area contributed by atoms with Crippen LogP contribution >= 0.6 is 0 Å². The van der Waals surface area contributed by atoms with Crippen LogP contribution in [0.2, 0.25) is 0 Å². The lowest BCUT2D eigenvalue weighted by Crippen LogP contribution is -2.46. The standard InChI is InChI=1S/C22H26N6O3/c1-26-20(23-6-4-21(26)29)13-27-7-9-28(10-8-27)16-2-3-19-18(12-16)22(25-15-24-19)31-17-5-11-30-14-17/h2-4,6,12,15,17H,5,7-11,13-14H2,1H3. The Morgan fingerprint density at radius 2 is 2.00 bits per heavy atom. The van der Waals surface area contributed by atoms with Gasteiger partial charge < -0.3 is 14.4 Å². The minimum atomic E-state index is -0.0239. The van der Waals surface area contributed by atoms with Crippen LogP contribution in [0.1, 0.15) is 12.2 Å². The van der Waals surface area contributed by atoms with Crippen LogP contribution in [0.25, 0.3) is 10.9 Å². The van der Waals surface area contributed by atoms with Crippen LogP contribution in [0.5, 0.6) is 5.88 Å². The summed E-state index contributed by atoms with van der Waals surface area (Å²) < 4.78 is 13.1. The fourth-order valence-corrected chi connectivity index (χ4v) is 4.10. The van der Waals surface area contributed by atoms with Crippen molar-refractivity contribution in [2.45, 2.75) is 19.1 Å². The Bertz CT molecular complexity index is 1120. The van der Waals surface area contributed by atoms with Crippen LogP contribution in [0.15, 0.2) is 41.6 Å². The molecular weight excluding hydrogens is 396 g/mol. The fraction of sp³-hybridized carbons (Fsp3) is 0.455. The summed E-state index contributed by atoms with van der Waals surface area (Å²) in [6.45, 7) is 5.60. The largest absolute Gasteiger partial charge is 0.471 e. The molecule has 162 valence electrons. The summed E-state index contributed by atoms with van der Waals surface area (Å²) in [6.07, 6.45) is 4.07. The third-order valence-electron chi connectivity index (χ3n) is 6.01. The van der Waals surface area contributed by atoms with E-state index in [-0.39, 0.29) is 11.7 Å². The number of rotatable bonds is 5. The second kappa shape index (κ2) is 8.60. The molecule has 9 heteroatoms. The van der Waals surface area contributed by atoms with E-state index in [4.69, 9.17) is 9.47 Å². The third kappa shape index (κ3) is 4.24. The number of piperazine rings is 1. The van der Waals surface area contributed by atoms with E-state index in [2.05, 4.69) is 36.9 Å². The van der Waals surface area contributed by atoms with Crippen molar-refractivity contribution < 1.29 is 9.47 Å². The normalized spacial score (nSPS) is 19.8. The first-order valence-electron chi connectivity index (χ1n) is 10.6. The number of anilines is 1. The molecule has 5 rings (SSSR count). The number of benzene rings is 1. The summed E-state index contributed by atoms with van der Waals surface area (Å²) in [5, 5.41) is 0.929. The van der Waals surface area contributed by atoms with Gasteiger partial charge in [-0.1, -0.05) is 0 Å². The molecule has 0 amide bonds. The van der Waals surface area contributed by atoms with Crippen LogP contribution in [0.3, 0.4) is 0 Å². The Morgan fingerprint density at radius 3 is 2.81 bits per heavy atom. The van der Waals surface area contributed by atoms with E-state index < -0.39 is 0 Å². The number of nitrogens with zero attached hydrogens (tertiary/aromatic N) is 6. The molecule has 2 fully saturated rings. The summed E-state index contributed by atoms with van der Waals surface area (Å²) in [6, 6.07) is 7.75. The van der Waals surface area contributed by atoms with Gasteiger partial charge in [0.05, 0.1) is 30.7 Å². The summed E-state index contributed by atoms with van der Waals surface area (Å²) >= 11 is 0. The predicted molar refractivity (Wildman–Crippen MR) is 116 cm³/mol. The number of ether oxygens (including phenoxy) is 2. The van der Waals surface area contributed by atoms with Crippen molar-refractivity contribution in [2.24, 2.45) is 7.05 Å². The highest BCUT2D eigenvalue weighted by Gasteiger charge is 2.21. The van der Waals surface area contributed by atoms with E-state index in [1.54, 1.807) is 24.1 Å². The Hall–Kier alpha value is -3.04. The zero-order chi connectivity index (χ0) is 21.2. The van der Waals surface area contributed by atoms with Crippen LogP contribution < -0.4 is 15.2 Å². The molecule has 2 saturated heterocycles. The Balaban J connectivity index is 1.29. The maximum absolute atomic E-state index is 11.8. The first-order valence-corrected chi connectivity index (χ1v) is 10.6. The van der Waals surface area contributed by atoms with Crippen molar-refractivity contribution in [1.29, 1.82) is 0 Å². The molecule has 9 nitrogen and oxygen atoms in total. The zero-order valence-electron chi connectivity index (χ0n) is 17.6. The maximum atomic E-state index is 11.8. The molecule has 31 heavy (non-hydrogen) atoms. The summed E-state index contributed by atoms with van der Waals surface area (Å²) in [4.78, 5) is 29.7. The SMILES string of the molecule is Cn1c(CN2CCN(c3ccc4ncnc(OC5CCOC5)c4c3)CC2)nccc1=O. The molecule has 2 aliphatic rings. The smallest absolute Gasteiger partial charge is 0.253 e. The van der Waals surface area contributed by atoms with Gasteiger partial charge in [0.2, 0.25) is 5.88 Å². The lowest BCUT2D eigenvalue weighted by molar-refractivity contribution is 0.139. The molecule has 3 aromatic rings. The molecule has 4 heterocycles. The van der Waals surface area contributed by atoms with Crippen LogP contribution in [-0.2, 0) is 18.3 Å². The molecule has 1 unspecified atom stereocenters. The second-order valence-corrected chi connectivity index (χ2v) is 8.01. The topological polar surface area (TPSA) is 85.6 Å². The molecule has 1 aromatic carbocycles. The quantitative estimate of drug-likeness (QED) is 0.607. The fourth-order valence-electron chi connectivity index (χ4n) is 4.10. The number of hydrogen-bond donors (Lipinski definition) is 0. The van der Waals surface area contributed by atoms with Crippen molar-refractivity contribution in [3.8, 4) is 5.88 Å². The first-order chi connectivity index (χ1) is 15.2. The van der Waals surface area contributed by atoms with Gasteiger partial charge in [-0.05, 0) is 18.2 Å². The monoisotopic (exact) mass is 422 g/mol. The van der Waals surface area contributed by atoms with Crippen molar-refractivity contribution in [1.82, 2.24) is 24.4 Å². The van der Waals surface area contributed by atoms with Gasteiger partial charge >= 0.3 is 0 Å². The van der Waals surface area contributed by atoms with Gasteiger partial charge in [-0.2, -0.15) is 0 Å². The Labute approximate surface area is 180 Å². The molecule has 0 radical (unpaired) electrons. The van der Waals surface area contributed by atoms with Crippen LogP contribution in [0, 0.1) is 0 Å². The van der Waals surface area contributed by atoms with Gasteiger partial charge in [-0.3, -0.25) is 14.3 Å². The molecule has 0 aliphatic carbocycles. The van der Waals surface area contributed by atoms with Gasteiger partial charge in [0.1, 0.15) is 18.3 Å². The third-order valence-corrected chi connectivity index (χ3v) is 6.01. The van der Waals surface area contributed by atoms with Crippen LogP contribution in [-0.4, -0.2) is 69.9 Å². The lowest BCUT2D eigenvalue weighted by Gasteiger charge is -2.36. The average molecular weight is 422 g/mol. The zero-order valence-corrected chi connectivity index (χ0v) is 17.6. The first kappa shape index (κ1) is 19.9. The van der Waals surface area contributed by atoms with Gasteiger partial charge in [0.25, 0.3) is 5.56 Å². The van der Waals surface area contributed by atoms with E-state index in [9.17, 15) is 4.79 Å². The summed E-state index contributed by atoms with van der Waals surface area (Å²) in [5.41, 5.74) is 1.99. The van der Waals surface area contributed by atoms with Crippen LogP contribution in [0.4, 0.5) is 5.69 Å². The molecule has 0 bridgehead atoms. The number of aromatic nitrogens is 4. The number of hydrogen-bond acceptors (Lipinski definition) is 8. The van der Waals surface area contributed by atoms with Crippen molar-refractivity contribution >= 4 is 16.6 Å². The van der Waals surface area contributed by atoms with E-state index in [0.29, 0.717) is 19.0 Å². The molecule has 2 aromatic heterocycles. The van der Waals surface area contributed by atoms with Crippen molar-refractivity contribution in [3.63, 3.8) is 0 Å². The van der Waals surface area contributed by atoms with Gasteiger partial charge in [0.15, 0.2) is 0 Å².